The van der Waals surface area contributed by atoms with E-state index < -0.39 is 0 Å². The maximum absolute atomic E-state index is 11.2. The van der Waals surface area contributed by atoms with Crippen LogP contribution >= 0.6 is 0 Å². The van der Waals surface area contributed by atoms with E-state index in [1.54, 1.807) is 0 Å². The van der Waals surface area contributed by atoms with Crippen LogP contribution in [-0.2, 0) is 10.2 Å². The Morgan fingerprint density at radius 1 is 1.38 bits per heavy atom. The number of rotatable bonds is 5. The van der Waals surface area contributed by atoms with Gasteiger partial charge in [-0.2, -0.15) is 0 Å². The topological polar surface area (TPSA) is 70.7 Å². The summed E-state index contributed by atoms with van der Waals surface area (Å²) in [7, 11) is 1.84. The highest BCUT2D eigenvalue weighted by molar-refractivity contribution is 5.80. The monoisotopic (exact) mass is 328 g/mol. The molecule has 1 aliphatic carbocycles. The fourth-order valence-electron chi connectivity index (χ4n) is 3.80. The molecule has 1 unspecified atom stereocenters. The summed E-state index contributed by atoms with van der Waals surface area (Å²) in [5.41, 5.74) is 7.04. The van der Waals surface area contributed by atoms with E-state index in [-0.39, 0.29) is 11.3 Å². The van der Waals surface area contributed by atoms with Crippen LogP contribution in [0, 0.1) is 5.92 Å². The van der Waals surface area contributed by atoms with Crippen molar-refractivity contribution in [1.29, 1.82) is 0 Å². The molecule has 1 aromatic rings. The van der Waals surface area contributed by atoms with Gasteiger partial charge in [0.2, 0.25) is 5.91 Å². The van der Waals surface area contributed by atoms with E-state index in [0.717, 1.165) is 38.4 Å². The van der Waals surface area contributed by atoms with Crippen molar-refractivity contribution in [3.63, 3.8) is 0 Å². The molecule has 2 aliphatic rings. The number of benzene rings is 1. The molecule has 1 saturated heterocycles. The predicted molar refractivity (Wildman–Crippen MR) is 96.8 cm³/mol. The van der Waals surface area contributed by atoms with Gasteiger partial charge in [-0.05, 0) is 37.2 Å². The van der Waals surface area contributed by atoms with Crippen LogP contribution in [0.3, 0.4) is 0 Å². The van der Waals surface area contributed by atoms with Gasteiger partial charge in [0, 0.05) is 38.5 Å². The van der Waals surface area contributed by atoms with Gasteiger partial charge in [0.05, 0.1) is 0 Å². The summed E-state index contributed by atoms with van der Waals surface area (Å²) in [5, 5.41) is 3.57. The van der Waals surface area contributed by atoms with Crippen LogP contribution in [0.1, 0.15) is 37.7 Å². The Labute approximate surface area is 144 Å². The van der Waals surface area contributed by atoms with E-state index in [1.165, 1.54) is 18.4 Å². The Hall–Kier alpha value is -2.04. The number of hydrogen-bond donors (Lipinski definition) is 2. The SMILES string of the molecule is CN=C(NCC1(c2ccccc2)CC1)N1CCCC(CC(N)=O)C1. The fourth-order valence-corrected chi connectivity index (χ4v) is 3.80. The third-order valence-electron chi connectivity index (χ3n) is 5.34. The molecule has 1 saturated carbocycles. The molecule has 1 heterocycles. The van der Waals surface area contributed by atoms with Gasteiger partial charge < -0.3 is 16.0 Å². The van der Waals surface area contributed by atoms with Gasteiger partial charge in [-0.3, -0.25) is 9.79 Å². The molecule has 1 atom stereocenters. The summed E-state index contributed by atoms with van der Waals surface area (Å²) in [5.74, 6) is 1.09. The molecule has 3 N–H and O–H groups in total. The summed E-state index contributed by atoms with van der Waals surface area (Å²) in [6.07, 6.45) is 5.09. The largest absolute Gasteiger partial charge is 0.370 e. The number of piperidine rings is 1. The average molecular weight is 328 g/mol. The lowest BCUT2D eigenvalue weighted by Crippen LogP contribution is -2.48. The number of aliphatic imine (C=N–C) groups is 1. The lowest BCUT2D eigenvalue weighted by Gasteiger charge is -2.35. The Morgan fingerprint density at radius 3 is 2.75 bits per heavy atom. The van der Waals surface area contributed by atoms with Gasteiger partial charge in [-0.25, -0.2) is 0 Å². The predicted octanol–water partition coefficient (Wildman–Crippen LogP) is 1.88. The van der Waals surface area contributed by atoms with Gasteiger partial charge in [-0.15, -0.1) is 0 Å². The third kappa shape index (κ3) is 3.89. The molecule has 5 nitrogen and oxygen atoms in total. The molecule has 130 valence electrons. The Morgan fingerprint density at radius 2 is 2.12 bits per heavy atom. The second kappa shape index (κ2) is 7.24. The second-order valence-electron chi connectivity index (χ2n) is 7.17. The molecule has 1 aliphatic heterocycles. The lowest BCUT2D eigenvalue weighted by atomic mass is 9.94. The van der Waals surface area contributed by atoms with Gasteiger partial charge >= 0.3 is 0 Å². The first-order valence-corrected chi connectivity index (χ1v) is 8.92. The standard InChI is InChI=1S/C19H28N4O/c1-21-18(23-11-5-6-15(13-23)12-17(20)24)22-14-19(9-10-19)16-7-3-2-4-8-16/h2-4,7-8,15H,5-6,9-14H2,1H3,(H2,20,24)(H,21,22). The average Bonchev–Trinajstić information content (AvgIpc) is 3.37. The van der Waals surface area contributed by atoms with Gasteiger partial charge in [0.1, 0.15) is 0 Å². The quantitative estimate of drug-likeness (QED) is 0.640. The van der Waals surface area contributed by atoms with Crippen LogP contribution in [-0.4, -0.2) is 43.4 Å². The molecule has 0 bridgehead atoms. The third-order valence-corrected chi connectivity index (χ3v) is 5.34. The van der Waals surface area contributed by atoms with Crippen molar-refractivity contribution in [2.75, 3.05) is 26.7 Å². The number of carbonyl (C=O) groups is 1. The summed E-state index contributed by atoms with van der Waals surface area (Å²) in [6, 6.07) is 10.7. The van der Waals surface area contributed by atoms with Crippen molar-refractivity contribution in [3.05, 3.63) is 35.9 Å². The number of nitrogens with two attached hydrogens (primary N) is 1. The van der Waals surface area contributed by atoms with E-state index in [9.17, 15) is 4.79 Å². The summed E-state index contributed by atoms with van der Waals surface area (Å²) < 4.78 is 0. The first kappa shape index (κ1) is 16.8. The number of guanidine groups is 1. The summed E-state index contributed by atoms with van der Waals surface area (Å²) in [6.45, 7) is 2.77. The number of nitrogens with one attached hydrogen (secondary N) is 1. The number of hydrogen-bond acceptors (Lipinski definition) is 2. The number of primary amides is 1. The molecule has 0 spiro atoms. The molecular weight excluding hydrogens is 300 g/mol. The Balaban J connectivity index is 1.58. The summed E-state index contributed by atoms with van der Waals surface area (Å²) in [4.78, 5) is 17.9. The van der Waals surface area contributed by atoms with Crippen molar-refractivity contribution in [2.45, 2.75) is 37.5 Å². The molecule has 3 rings (SSSR count). The highest BCUT2D eigenvalue weighted by atomic mass is 16.1. The first-order valence-electron chi connectivity index (χ1n) is 8.92. The van der Waals surface area contributed by atoms with Crippen molar-refractivity contribution in [2.24, 2.45) is 16.6 Å². The zero-order chi connectivity index (χ0) is 17.0. The molecule has 0 radical (unpaired) electrons. The smallest absolute Gasteiger partial charge is 0.217 e. The first-order chi connectivity index (χ1) is 11.6. The van der Waals surface area contributed by atoms with E-state index >= 15 is 0 Å². The maximum Gasteiger partial charge on any atom is 0.217 e. The van der Waals surface area contributed by atoms with Crippen LogP contribution < -0.4 is 11.1 Å². The van der Waals surface area contributed by atoms with Crippen LogP contribution in [0.4, 0.5) is 0 Å². The number of carbonyl (C=O) groups excluding carboxylic acids is 1. The lowest BCUT2D eigenvalue weighted by molar-refractivity contribution is -0.119. The Kier molecular flexibility index (Phi) is 5.07. The second-order valence-corrected chi connectivity index (χ2v) is 7.17. The van der Waals surface area contributed by atoms with E-state index in [4.69, 9.17) is 5.73 Å². The minimum Gasteiger partial charge on any atom is -0.370 e. The number of nitrogens with zero attached hydrogens (tertiary/aromatic N) is 2. The van der Waals surface area contributed by atoms with Gasteiger partial charge in [0.25, 0.3) is 0 Å². The zero-order valence-electron chi connectivity index (χ0n) is 14.5. The van der Waals surface area contributed by atoms with Crippen molar-refractivity contribution < 1.29 is 4.79 Å². The van der Waals surface area contributed by atoms with Crippen LogP contribution in [0.2, 0.25) is 0 Å². The molecule has 1 aromatic carbocycles. The van der Waals surface area contributed by atoms with Crippen LogP contribution in [0.25, 0.3) is 0 Å². The van der Waals surface area contributed by atoms with Gasteiger partial charge in [-0.1, -0.05) is 30.3 Å². The molecular formula is C19H28N4O. The molecule has 2 fully saturated rings. The Bertz CT molecular complexity index is 595. The fraction of sp³-hybridized carbons (Fsp3) is 0.579. The van der Waals surface area contributed by atoms with Crippen LogP contribution in [0.5, 0.6) is 0 Å². The highest BCUT2D eigenvalue weighted by Gasteiger charge is 2.44. The number of amides is 1. The van der Waals surface area contributed by atoms with E-state index in [1.807, 2.05) is 7.05 Å². The van der Waals surface area contributed by atoms with Crippen molar-refractivity contribution in [1.82, 2.24) is 10.2 Å². The molecule has 1 amide bonds. The van der Waals surface area contributed by atoms with Crippen molar-refractivity contribution in [3.8, 4) is 0 Å². The highest BCUT2D eigenvalue weighted by Crippen LogP contribution is 2.47. The normalized spacial score (nSPS) is 23.0. The van der Waals surface area contributed by atoms with Gasteiger partial charge in [0.15, 0.2) is 5.96 Å². The summed E-state index contributed by atoms with van der Waals surface area (Å²) >= 11 is 0. The van der Waals surface area contributed by atoms with E-state index in [0.29, 0.717) is 12.3 Å². The molecule has 24 heavy (non-hydrogen) atoms. The van der Waals surface area contributed by atoms with Crippen molar-refractivity contribution >= 4 is 11.9 Å². The molecule has 0 aromatic heterocycles. The number of likely N-dealkylation sites (tertiary alicyclic amines) is 1. The van der Waals surface area contributed by atoms with Crippen LogP contribution in [0.15, 0.2) is 35.3 Å². The minimum atomic E-state index is -0.203. The molecule has 5 heteroatoms. The zero-order valence-corrected chi connectivity index (χ0v) is 14.5. The van der Waals surface area contributed by atoms with E-state index in [2.05, 4.69) is 45.5 Å². The minimum absolute atomic E-state index is 0.203. The maximum atomic E-state index is 11.2.